The predicted octanol–water partition coefficient (Wildman–Crippen LogP) is 3.80. The van der Waals surface area contributed by atoms with E-state index in [-0.39, 0.29) is 17.2 Å². The van der Waals surface area contributed by atoms with Gasteiger partial charge in [-0.3, -0.25) is 4.79 Å². The van der Waals surface area contributed by atoms with Crippen LogP contribution in [0.1, 0.15) is 20.7 Å². The molecule has 0 aliphatic carbocycles. The second-order valence-electron chi connectivity index (χ2n) is 5.23. The zero-order valence-electron chi connectivity index (χ0n) is 12.9. The van der Waals surface area contributed by atoms with Gasteiger partial charge >= 0.3 is 5.97 Å². The van der Waals surface area contributed by atoms with Crippen molar-refractivity contribution in [3.8, 4) is 5.75 Å². The van der Waals surface area contributed by atoms with Crippen molar-refractivity contribution in [2.24, 2.45) is 0 Å². The van der Waals surface area contributed by atoms with Gasteiger partial charge in [-0.25, -0.2) is 4.79 Å². The second-order valence-corrected chi connectivity index (χ2v) is 5.23. The fraction of sp³-hybridized carbons (Fsp3) is 0.0526. The number of methoxy groups -OCH3 is 1. The van der Waals surface area contributed by atoms with Gasteiger partial charge in [0.15, 0.2) is 0 Å². The van der Waals surface area contributed by atoms with Gasteiger partial charge in [-0.15, -0.1) is 0 Å². The van der Waals surface area contributed by atoms with Crippen molar-refractivity contribution in [2.75, 3.05) is 12.4 Å². The molecule has 0 unspecified atom stereocenters. The Morgan fingerprint density at radius 1 is 0.958 bits per heavy atom. The minimum Gasteiger partial charge on any atom is -0.497 e. The average Bonchev–Trinajstić information content (AvgIpc) is 2.61. The number of ether oxygens (including phenoxy) is 1. The van der Waals surface area contributed by atoms with E-state index in [2.05, 4.69) is 5.32 Å². The van der Waals surface area contributed by atoms with Gasteiger partial charge in [0, 0.05) is 5.56 Å². The number of aromatic carboxylic acids is 1. The van der Waals surface area contributed by atoms with Crippen LogP contribution in [0, 0.1) is 0 Å². The van der Waals surface area contributed by atoms with Crippen LogP contribution in [-0.2, 0) is 0 Å². The normalized spacial score (nSPS) is 10.4. The molecule has 24 heavy (non-hydrogen) atoms. The lowest BCUT2D eigenvalue weighted by Gasteiger charge is -2.11. The maximum Gasteiger partial charge on any atom is 0.337 e. The first-order valence-corrected chi connectivity index (χ1v) is 7.30. The van der Waals surface area contributed by atoms with E-state index in [1.165, 1.54) is 0 Å². The van der Waals surface area contributed by atoms with Gasteiger partial charge in [-0.1, -0.05) is 24.3 Å². The molecule has 0 saturated carbocycles. The number of anilines is 1. The molecule has 5 nitrogen and oxygen atoms in total. The monoisotopic (exact) mass is 321 g/mol. The van der Waals surface area contributed by atoms with Crippen molar-refractivity contribution < 1.29 is 19.4 Å². The SMILES string of the molecule is COc1ccc(C(=O)Nc2cc3ccccc3cc2C(=O)O)cc1. The average molecular weight is 321 g/mol. The molecule has 0 aliphatic rings. The smallest absolute Gasteiger partial charge is 0.337 e. The van der Waals surface area contributed by atoms with E-state index in [1.807, 2.05) is 24.3 Å². The number of rotatable bonds is 4. The maximum absolute atomic E-state index is 12.4. The second kappa shape index (κ2) is 6.42. The van der Waals surface area contributed by atoms with Crippen molar-refractivity contribution >= 4 is 28.3 Å². The Morgan fingerprint density at radius 3 is 2.17 bits per heavy atom. The number of hydrogen-bond donors (Lipinski definition) is 2. The number of hydrogen-bond acceptors (Lipinski definition) is 3. The zero-order valence-corrected chi connectivity index (χ0v) is 12.9. The highest BCUT2D eigenvalue weighted by Crippen LogP contribution is 2.25. The van der Waals surface area contributed by atoms with Crippen LogP contribution in [0.3, 0.4) is 0 Å². The summed E-state index contributed by atoms with van der Waals surface area (Å²) in [5.41, 5.74) is 0.734. The van der Waals surface area contributed by atoms with Gasteiger partial charge < -0.3 is 15.2 Å². The van der Waals surface area contributed by atoms with E-state index in [1.54, 1.807) is 43.5 Å². The minimum absolute atomic E-state index is 0.0514. The van der Waals surface area contributed by atoms with Crippen LogP contribution in [0.4, 0.5) is 5.69 Å². The largest absolute Gasteiger partial charge is 0.497 e. The molecular weight excluding hydrogens is 306 g/mol. The molecule has 3 aromatic rings. The third-order valence-electron chi connectivity index (χ3n) is 3.72. The summed E-state index contributed by atoms with van der Waals surface area (Å²) >= 11 is 0. The quantitative estimate of drug-likeness (QED) is 0.766. The number of carbonyl (C=O) groups is 2. The van der Waals surface area contributed by atoms with Crippen LogP contribution in [0.25, 0.3) is 10.8 Å². The molecule has 120 valence electrons. The molecule has 0 atom stereocenters. The zero-order chi connectivity index (χ0) is 17.1. The number of carbonyl (C=O) groups excluding carboxylic acids is 1. The highest BCUT2D eigenvalue weighted by Gasteiger charge is 2.15. The third kappa shape index (κ3) is 3.05. The number of amides is 1. The van der Waals surface area contributed by atoms with Crippen molar-refractivity contribution in [1.82, 2.24) is 0 Å². The van der Waals surface area contributed by atoms with Gasteiger partial charge in [-0.2, -0.15) is 0 Å². The number of carboxylic acids is 1. The summed E-state index contributed by atoms with van der Waals surface area (Å²) in [4.78, 5) is 23.9. The number of fused-ring (bicyclic) bond motifs is 1. The molecule has 0 spiro atoms. The molecule has 5 heteroatoms. The van der Waals surface area contributed by atoms with Gasteiger partial charge in [0.1, 0.15) is 5.75 Å². The maximum atomic E-state index is 12.4. The Kier molecular flexibility index (Phi) is 4.16. The van der Waals surface area contributed by atoms with Gasteiger partial charge in [0.05, 0.1) is 18.4 Å². The van der Waals surface area contributed by atoms with Crippen molar-refractivity contribution in [1.29, 1.82) is 0 Å². The van der Waals surface area contributed by atoms with E-state index in [0.717, 1.165) is 10.8 Å². The summed E-state index contributed by atoms with van der Waals surface area (Å²) in [6.07, 6.45) is 0. The molecular formula is C19H15NO4. The number of nitrogens with one attached hydrogen (secondary N) is 1. The summed E-state index contributed by atoms with van der Waals surface area (Å²) < 4.78 is 5.06. The highest BCUT2D eigenvalue weighted by molar-refractivity contribution is 6.10. The van der Waals surface area contributed by atoms with E-state index in [4.69, 9.17) is 4.74 Å². The lowest BCUT2D eigenvalue weighted by atomic mass is 10.0. The summed E-state index contributed by atoms with van der Waals surface area (Å²) in [5, 5.41) is 13.7. The molecule has 1 amide bonds. The molecule has 0 bridgehead atoms. The van der Waals surface area contributed by atoms with E-state index in [0.29, 0.717) is 11.3 Å². The standard InChI is InChI=1S/C19H15NO4/c1-24-15-8-6-12(7-9-15)18(21)20-17-11-14-5-3-2-4-13(14)10-16(17)19(22)23/h2-11H,1H3,(H,20,21)(H,22,23). The predicted molar refractivity (Wildman–Crippen MR) is 91.9 cm³/mol. The molecule has 0 aliphatic heterocycles. The van der Waals surface area contributed by atoms with E-state index in [9.17, 15) is 14.7 Å². The Morgan fingerprint density at radius 2 is 1.58 bits per heavy atom. The molecule has 0 aromatic heterocycles. The molecule has 3 rings (SSSR count). The number of benzene rings is 3. The van der Waals surface area contributed by atoms with Crippen molar-refractivity contribution in [3.63, 3.8) is 0 Å². The fourth-order valence-electron chi connectivity index (χ4n) is 2.46. The van der Waals surface area contributed by atoms with Gasteiger partial charge in [-0.05, 0) is 47.2 Å². The summed E-state index contributed by atoms with van der Waals surface area (Å²) in [7, 11) is 1.54. The van der Waals surface area contributed by atoms with Gasteiger partial charge in [0.25, 0.3) is 5.91 Å². The van der Waals surface area contributed by atoms with Crippen molar-refractivity contribution in [2.45, 2.75) is 0 Å². The molecule has 0 heterocycles. The minimum atomic E-state index is -1.09. The molecule has 0 fully saturated rings. The van der Waals surface area contributed by atoms with Crippen LogP contribution in [-0.4, -0.2) is 24.1 Å². The topological polar surface area (TPSA) is 75.6 Å². The van der Waals surface area contributed by atoms with E-state index < -0.39 is 5.97 Å². The Bertz CT molecular complexity index is 916. The first-order valence-electron chi connectivity index (χ1n) is 7.30. The molecule has 3 aromatic carbocycles. The van der Waals surface area contributed by atoms with Crippen LogP contribution in [0.5, 0.6) is 5.75 Å². The summed E-state index contributed by atoms with van der Waals surface area (Å²) in [6.45, 7) is 0. The lowest BCUT2D eigenvalue weighted by Crippen LogP contribution is -2.14. The lowest BCUT2D eigenvalue weighted by molar-refractivity contribution is 0.0698. The highest BCUT2D eigenvalue weighted by atomic mass is 16.5. The third-order valence-corrected chi connectivity index (χ3v) is 3.72. The van der Waals surface area contributed by atoms with Crippen molar-refractivity contribution in [3.05, 3.63) is 71.8 Å². The Hall–Kier alpha value is -3.34. The van der Waals surface area contributed by atoms with Gasteiger partial charge in [0.2, 0.25) is 0 Å². The summed E-state index contributed by atoms with van der Waals surface area (Å²) in [6, 6.07) is 17.2. The molecule has 0 radical (unpaired) electrons. The van der Waals surface area contributed by atoms with Crippen LogP contribution < -0.4 is 10.1 Å². The van der Waals surface area contributed by atoms with Crippen LogP contribution in [0.15, 0.2) is 60.7 Å². The molecule has 2 N–H and O–H groups in total. The van der Waals surface area contributed by atoms with Crippen LogP contribution >= 0.6 is 0 Å². The Balaban J connectivity index is 1.96. The fourth-order valence-corrected chi connectivity index (χ4v) is 2.46. The first kappa shape index (κ1) is 15.6. The van der Waals surface area contributed by atoms with E-state index >= 15 is 0 Å². The first-order chi connectivity index (χ1) is 11.6. The summed E-state index contributed by atoms with van der Waals surface area (Å²) in [5.74, 6) is -0.829. The van der Waals surface area contributed by atoms with Crippen LogP contribution in [0.2, 0.25) is 0 Å². The molecule has 0 saturated heterocycles. The number of carboxylic acid groups (broad SMARTS) is 1. The Labute approximate surface area is 138 Å².